The fourth-order valence-electron chi connectivity index (χ4n) is 3.11. The summed E-state index contributed by atoms with van der Waals surface area (Å²) in [5, 5.41) is 3.81. The lowest BCUT2D eigenvalue weighted by Crippen LogP contribution is -2.53. The number of carbonyl (C=O) groups is 2. The molecule has 2 amide bonds. The highest BCUT2D eigenvalue weighted by Crippen LogP contribution is 2.24. The van der Waals surface area contributed by atoms with Gasteiger partial charge in [0, 0.05) is 22.1 Å². The first-order valence-corrected chi connectivity index (χ1v) is 10.6. The van der Waals surface area contributed by atoms with E-state index in [0.29, 0.717) is 22.0 Å². The van der Waals surface area contributed by atoms with E-state index in [2.05, 4.69) is 5.32 Å². The van der Waals surface area contributed by atoms with Crippen LogP contribution in [0.25, 0.3) is 0 Å². The third-order valence-electron chi connectivity index (χ3n) is 4.54. The summed E-state index contributed by atoms with van der Waals surface area (Å²) in [7, 11) is 0. The maximum atomic E-state index is 14.1. The van der Waals surface area contributed by atoms with Crippen LogP contribution in [0.5, 0.6) is 0 Å². The molecule has 1 atom stereocenters. The molecule has 0 saturated heterocycles. The van der Waals surface area contributed by atoms with Crippen molar-refractivity contribution in [3.63, 3.8) is 0 Å². The number of rotatable bonds is 7. The Kier molecular flexibility index (Phi) is 8.27. The minimum absolute atomic E-state index is 0.110. The van der Waals surface area contributed by atoms with E-state index in [4.69, 9.17) is 23.2 Å². The Morgan fingerprint density at radius 1 is 1.10 bits per heavy atom. The molecule has 2 aromatic carbocycles. The molecule has 4 nitrogen and oxygen atoms in total. The third-order valence-corrected chi connectivity index (χ3v) is 5.13. The van der Waals surface area contributed by atoms with Gasteiger partial charge in [-0.25, -0.2) is 4.39 Å². The van der Waals surface area contributed by atoms with Crippen LogP contribution in [0.2, 0.25) is 10.0 Å². The lowest BCUT2D eigenvalue weighted by Gasteiger charge is -2.33. The van der Waals surface area contributed by atoms with Gasteiger partial charge in [0.05, 0.1) is 6.42 Å². The van der Waals surface area contributed by atoms with Gasteiger partial charge in [0.15, 0.2) is 0 Å². The first-order chi connectivity index (χ1) is 14.0. The molecule has 2 rings (SSSR count). The first-order valence-electron chi connectivity index (χ1n) is 9.80. The lowest BCUT2D eigenvalue weighted by atomic mass is 10.0. The second kappa shape index (κ2) is 10.3. The van der Waals surface area contributed by atoms with Crippen LogP contribution in [0, 0.1) is 5.82 Å². The summed E-state index contributed by atoms with van der Waals surface area (Å²) in [4.78, 5) is 27.6. The van der Waals surface area contributed by atoms with Gasteiger partial charge in [0.25, 0.3) is 0 Å². The fraction of sp³-hybridized carbons (Fsp3) is 0.391. The molecule has 0 aliphatic rings. The van der Waals surface area contributed by atoms with Crippen molar-refractivity contribution in [3.8, 4) is 0 Å². The van der Waals surface area contributed by atoms with Crippen molar-refractivity contribution in [1.82, 2.24) is 10.2 Å². The summed E-state index contributed by atoms with van der Waals surface area (Å²) in [6, 6.07) is 10.4. The standard InChI is InChI=1S/C23H27Cl2FN2O2/c1-5-20(22(30)27-23(2,3)4)28(14-16-10-11-17(24)13-18(16)25)21(29)12-15-8-6-7-9-19(15)26/h6-11,13,20H,5,12,14H2,1-4H3,(H,27,30). The van der Waals surface area contributed by atoms with Gasteiger partial charge >= 0.3 is 0 Å². The van der Waals surface area contributed by atoms with Crippen molar-refractivity contribution in [1.29, 1.82) is 0 Å². The molecule has 1 N–H and O–H groups in total. The van der Waals surface area contributed by atoms with E-state index in [1.54, 1.807) is 36.4 Å². The lowest BCUT2D eigenvalue weighted by molar-refractivity contribution is -0.141. The number of nitrogens with zero attached hydrogens (tertiary/aromatic N) is 1. The predicted octanol–water partition coefficient (Wildman–Crippen LogP) is 5.40. The van der Waals surface area contributed by atoms with E-state index in [1.807, 2.05) is 27.7 Å². The molecule has 0 aliphatic heterocycles. The highest BCUT2D eigenvalue weighted by molar-refractivity contribution is 6.35. The maximum Gasteiger partial charge on any atom is 0.243 e. The Hall–Kier alpha value is -2.11. The van der Waals surface area contributed by atoms with Crippen LogP contribution in [-0.2, 0) is 22.6 Å². The van der Waals surface area contributed by atoms with Crippen molar-refractivity contribution in [2.45, 2.75) is 58.7 Å². The normalized spacial score (nSPS) is 12.4. The van der Waals surface area contributed by atoms with E-state index in [0.717, 1.165) is 0 Å². The molecule has 0 fully saturated rings. The van der Waals surface area contributed by atoms with E-state index in [-0.39, 0.29) is 30.3 Å². The highest BCUT2D eigenvalue weighted by Gasteiger charge is 2.31. The number of benzene rings is 2. The van der Waals surface area contributed by atoms with Gasteiger partial charge in [-0.1, -0.05) is 54.4 Å². The Bertz CT molecular complexity index is 912. The molecule has 0 radical (unpaired) electrons. The number of halogens is 3. The predicted molar refractivity (Wildman–Crippen MR) is 119 cm³/mol. The Morgan fingerprint density at radius 3 is 2.33 bits per heavy atom. The third kappa shape index (κ3) is 6.71. The molecule has 30 heavy (non-hydrogen) atoms. The van der Waals surface area contributed by atoms with Crippen molar-refractivity contribution in [2.75, 3.05) is 0 Å². The molecule has 2 aromatic rings. The van der Waals surface area contributed by atoms with Gasteiger partial charge in [0.1, 0.15) is 11.9 Å². The zero-order valence-corrected chi connectivity index (χ0v) is 19.1. The van der Waals surface area contributed by atoms with E-state index in [1.165, 1.54) is 11.0 Å². The number of carbonyl (C=O) groups excluding carboxylic acids is 2. The molecule has 1 unspecified atom stereocenters. The molecule has 0 spiro atoms. The Labute approximate surface area is 187 Å². The fourth-order valence-corrected chi connectivity index (χ4v) is 3.58. The van der Waals surface area contributed by atoms with Crippen LogP contribution in [0.3, 0.4) is 0 Å². The minimum atomic E-state index is -0.727. The summed E-state index contributed by atoms with van der Waals surface area (Å²) in [5.74, 6) is -1.08. The van der Waals surface area contributed by atoms with Crippen LogP contribution in [0.4, 0.5) is 4.39 Å². The second-order valence-electron chi connectivity index (χ2n) is 8.19. The van der Waals surface area contributed by atoms with Gasteiger partial charge in [-0.2, -0.15) is 0 Å². The maximum absolute atomic E-state index is 14.1. The van der Waals surface area contributed by atoms with Crippen LogP contribution < -0.4 is 5.32 Å². The van der Waals surface area contributed by atoms with E-state index >= 15 is 0 Å². The SMILES string of the molecule is CCC(C(=O)NC(C)(C)C)N(Cc1ccc(Cl)cc1Cl)C(=O)Cc1ccccc1F. The van der Waals surface area contributed by atoms with Crippen molar-refractivity contribution < 1.29 is 14.0 Å². The Balaban J connectivity index is 2.38. The number of amides is 2. The molecule has 0 saturated carbocycles. The van der Waals surface area contributed by atoms with Crippen LogP contribution in [0.1, 0.15) is 45.2 Å². The quantitative estimate of drug-likeness (QED) is 0.611. The zero-order valence-electron chi connectivity index (χ0n) is 17.6. The average molecular weight is 453 g/mol. The molecular weight excluding hydrogens is 426 g/mol. The van der Waals surface area contributed by atoms with Gasteiger partial charge in [-0.15, -0.1) is 0 Å². The average Bonchev–Trinajstić information content (AvgIpc) is 2.63. The number of hydrogen-bond donors (Lipinski definition) is 1. The van der Waals surface area contributed by atoms with E-state index < -0.39 is 17.4 Å². The van der Waals surface area contributed by atoms with Crippen molar-refractivity contribution >= 4 is 35.0 Å². The molecule has 0 bridgehead atoms. The topological polar surface area (TPSA) is 49.4 Å². The second-order valence-corrected chi connectivity index (χ2v) is 9.03. The molecule has 162 valence electrons. The zero-order chi connectivity index (χ0) is 22.5. The van der Waals surface area contributed by atoms with E-state index in [9.17, 15) is 14.0 Å². The first kappa shape index (κ1) is 24.2. The van der Waals surface area contributed by atoms with Crippen LogP contribution in [0.15, 0.2) is 42.5 Å². The molecule has 7 heteroatoms. The van der Waals surface area contributed by atoms with Crippen LogP contribution in [-0.4, -0.2) is 28.3 Å². The summed E-state index contributed by atoms with van der Waals surface area (Å²) in [6.07, 6.45) is 0.243. The van der Waals surface area contributed by atoms with Gasteiger partial charge in [0.2, 0.25) is 11.8 Å². The number of hydrogen-bond acceptors (Lipinski definition) is 2. The number of nitrogens with one attached hydrogen (secondary N) is 1. The summed E-state index contributed by atoms with van der Waals surface area (Å²) >= 11 is 12.3. The minimum Gasteiger partial charge on any atom is -0.350 e. The smallest absolute Gasteiger partial charge is 0.243 e. The van der Waals surface area contributed by atoms with Crippen molar-refractivity contribution in [3.05, 3.63) is 69.5 Å². The van der Waals surface area contributed by atoms with Crippen LogP contribution >= 0.6 is 23.2 Å². The summed E-state index contributed by atoms with van der Waals surface area (Å²) in [5.41, 5.74) is 0.480. The van der Waals surface area contributed by atoms with Gasteiger partial charge in [-0.3, -0.25) is 9.59 Å². The Morgan fingerprint density at radius 2 is 1.77 bits per heavy atom. The van der Waals surface area contributed by atoms with Crippen molar-refractivity contribution in [2.24, 2.45) is 0 Å². The summed E-state index contributed by atoms with van der Waals surface area (Å²) < 4.78 is 14.1. The highest BCUT2D eigenvalue weighted by atomic mass is 35.5. The monoisotopic (exact) mass is 452 g/mol. The molecule has 0 aromatic heterocycles. The van der Waals surface area contributed by atoms with Gasteiger partial charge < -0.3 is 10.2 Å². The molecule has 0 heterocycles. The molecule has 0 aliphatic carbocycles. The van der Waals surface area contributed by atoms with Gasteiger partial charge in [-0.05, 0) is 56.5 Å². The molecular formula is C23H27Cl2FN2O2. The summed E-state index contributed by atoms with van der Waals surface area (Å²) in [6.45, 7) is 7.57. The largest absolute Gasteiger partial charge is 0.350 e.